The summed E-state index contributed by atoms with van der Waals surface area (Å²) in [6, 6.07) is -0.652. The van der Waals surface area contributed by atoms with Gasteiger partial charge in [-0.2, -0.15) is 0 Å². The molecule has 2 aromatic rings. The van der Waals surface area contributed by atoms with E-state index in [1.54, 1.807) is 11.3 Å². The molecule has 1 aliphatic carbocycles. The molecule has 152 valence electrons. The number of methoxy groups -OCH3 is 1. The Morgan fingerprint density at radius 2 is 2.07 bits per heavy atom. The van der Waals surface area contributed by atoms with E-state index >= 15 is 0 Å². The van der Waals surface area contributed by atoms with E-state index in [4.69, 9.17) is 10.5 Å². The maximum atomic E-state index is 12.4. The zero-order chi connectivity index (χ0) is 20.3. The fourth-order valence-electron chi connectivity index (χ4n) is 3.37. The molecule has 0 saturated heterocycles. The van der Waals surface area contributed by atoms with Crippen molar-refractivity contribution in [1.29, 1.82) is 0 Å². The second kappa shape index (κ2) is 9.09. The Hall–Kier alpha value is -1.87. The van der Waals surface area contributed by atoms with Crippen LogP contribution < -0.4 is 11.1 Å². The van der Waals surface area contributed by atoms with Gasteiger partial charge >= 0.3 is 5.97 Å². The summed E-state index contributed by atoms with van der Waals surface area (Å²) in [5.74, 6) is -0.103. The van der Waals surface area contributed by atoms with Gasteiger partial charge in [-0.3, -0.25) is 4.79 Å². The molecule has 0 fully saturated rings. The summed E-state index contributed by atoms with van der Waals surface area (Å²) in [6.45, 7) is 3.87. The van der Waals surface area contributed by atoms with Gasteiger partial charge in [-0.25, -0.2) is 14.8 Å². The molecule has 3 N–H and O–H groups in total. The number of aryl methyl sites for hydroxylation is 2. The number of carbonyl (C=O) groups excluding carboxylic acids is 2. The smallest absolute Gasteiger partial charge is 0.328 e. The second-order valence-electron chi connectivity index (χ2n) is 7.03. The Balaban J connectivity index is 1.69. The van der Waals surface area contributed by atoms with Gasteiger partial charge < -0.3 is 15.8 Å². The quantitative estimate of drug-likeness (QED) is 0.401. The second-order valence-corrected chi connectivity index (χ2v) is 9.05. The number of esters is 1. The van der Waals surface area contributed by atoms with E-state index in [1.165, 1.54) is 42.2 Å². The average Bonchev–Trinajstić information content (AvgIpc) is 3.08. The normalized spacial score (nSPS) is 15.7. The van der Waals surface area contributed by atoms with Gasteiger partial charge in [0.2, 0.25) is 5.91 Å². The molecule has 2 aromatic heterocycles. The Bertz CT molecular complexity index is 884. The van der Waals surface area contributed by atoms with Crippen LogP contribution in [0.25, 0.3) is 10.2 Å². The predicted molar refractivity (Wildman–Crippen MR) is 113 cm³/mol. The van der Waals surface area contributed by atoms with Gasteiger partial charge in [0.25, 0.3) is 0 Å². The molecule has 0 radical (unpaired) electrons. The van der Waals surface area contributed by atoms with E-state index < -0.39 is 12.0 Å². The van der Waals surface area contributed by atoms with Crippen molar-refractivity contribution in [3.63, 3.8) is 0 Å². The van der Waals surface area contributed by atoms with Crippen LogP contribution in [0.5, 0.6) is 0 Å². The minimum atomic E-state index is -0.652. The van der Waals surface area contributed by atoms with E-state index in [9.17, 15) is 9.59 Å². The molecular formula is C19H26N4O3S2. The number of nitrogens with zero attached hydrogens (tertiary/aromatic N) is 2. The number of thioether (sulfide) groups is 1. The van der Waals surface area contributed by atoms with Gasteiger partial charge in [0.1, 0.15) is 16.7 Å². The lowest BCUT2D eigenvalue weighted by atomic mass is 9.97. The third kappa shape index (κ3) is 4.41. The molecule has 0 unspecified atom stereocenters. The maximum absolute atomic E-state index is 12.4. The molecular weight excluding hydrogens is 396 g/mol. The average molecular weight is 423 g/mol. The van der Waals surface area contributed by atoms with Crippen LogP contribution >= 0.6 is 23.1 Å². The Morgan fingerprint density at radius 1 is 1.32 bits per heavy atom. The number of thiophene rings is 1. The minimum absolute atomic E-state index is 0.0120. The largest absolute Gasteiger partial charge is 0.467 e. The Labute approximate surface area is 172 Å². The molecule has 0 saturated carbocycles. The molecule has 7 nitrogen and oxygen atoms in total. The van der Waals surface area contributed by atoms with Crippen LogP contribution in [0.1, 0.15) is 43.6 Å². The standard InChI is InChI=1S/C19H26N4O3S2/c1-4-10(2)15(18(25)26-3)21-13(24)9-27-19-22-16(20)14-11-7-5-6-8-12(11)28-17(14)23-19/h10,15H,4-9H2,1-3H3,(H,21,24)(H2,20,22,23)/t10-,15+/m0/s1. The van der Waals surface area contributed by atoms with Crippen LogP contribution in [0.3, 0.4) is 0 Å². The first-order valence-corrected chi connectivity index (χ1v) is 11.3. The molecule has 1 amide bonds. The molecule has 9 heteroatoms. The molecule has 28 heavy (non-hydrogen) atoms. The van der Waals surface area contributed by atoms with Gasteiger partial charge in [0, 0.05) is 4.88 Å². The summed E-state index contributed by atoms with van der Waals surface area (Å²) >= 11 is 2.90. The maximum Gasteiger partial charge on any atom is 0.328 e. The van der Waals surface area contributed by atoms with Crippen molar-refractivity contribution in [2.45, 2.75) is 57.1 Å². The molecule has 0 aromatic carbocycles. The number of fused-ring (bicyclic) bond motifs is 3. The number of aromatic nitrogens is 2. The van der Waals surface area contributed by atoms with Gasteiger partial charge in [-0.1, -0.05) is 32.0 Å². The summed E-state index contributed by atoms with van der Waals surface area (Å²) in [7, 11) is 1.32. The number of nitrogens with one attached hydrogen (secondary N) is 1. The highest BCUT2D eigenvalue weighted by molar-refractivity contribution is 7.99. The van der Waals surface area contributed by atoms with Crippen LogP contribution in [-0.2, 0) is 27.2 Å². The summed E-state index contributed by atoms with van der Waals surface area (Å²) < 4.78 is 4.80. The molecule has 2 heterocycles. The topological polar surface area (TPSA) is 107 Å². The predicted octanol–water partition coefficient (Wildman–Crippen LogP) is 2.95. The van der Waals surface area contributed by atoms with Crippen LogP contribution in [0, 0.1) is 5.92 Å². The third-order valence-corrected chi connectivity index (χ3v) is 7.17. The van der Waals surface area contributed by atoms with E-state index in [0.29, 0.717) is 11.0 Å². The van der Waals surface area contributed by atoms with E-state index in [2.05, 4.69) is 15.3 Å². The van der Waals surface area contributed by atoms with E-state index in [1.807, 2.05) is 13.8 Å². The molecule has 3 rings (SSSR count). The number of nitrogen functional groups attached to an aromatic ring is 1. The molecule has 0 bridgehead atoms. The highest BCUT2D eigenvalue weighted by Crippen LogP contribution is 2.38. The molecule has 1 aliphatic rings. The van der Waals surface area contributed by atoms with Gasteiger partial charge in [0.15, 0.2) is 5.16 Å². The lowest BCUT2D eigenvalue weighted by molar-refractivity contribution is -0.146. The number of ether oxygens (including phenoxy) is 1. The van der Waals surface area contributed by atoms with Gasteiger partial charge in [0.05, 0.1) is 18.2 Å². The number of hydrogen-bond donors (Lipinski definition) is 2. The number of anilines is 1. The molecule has 2 atom stereocenters. The van der Waals surface area contributed by atoms with Gasteiger partial charge in [-0.15, -0.1) is 11.3 Å². The minimum Gasteiger partial charge on any atom is -0.467 e. The summed E-state index contributed by atoms with van der Waals surface area (Å²) in [4.78, 5) is 35.5. The van der Waals surface area contributed by atoms with Crippen LogP contribution in [0.15, 0.2) is 5.16 Å². The van der Waals surface area contributed by atoms with E-state index in [-0.39, 0.29) is 17.6 Å². The first-order chi connectivity index (χ1) is 13.4. The van der Waals surface area contributed by atoms with Crippen molar-refractivity contribution in [2.75, 3.05) is 18.6 Å². The van der Waals surface area contributed by atoms with Crippen LogP contribution in [-0.4, -0.2) is 40.7 Å². The first-order valence-electron chi connectivity index (χ1n) is 9.52. The van der Waals surface area contributed by atoms with Crippen molar-refractivity contribution >= 4 is 51.0 Å². The highest BCUT2D eigenvalue weighted by Gasteiger charge is 2.27. The SMILES string of the molecule is CC[C@H](C)[C@@H](NC(=O)CSc1nc(N)c2c3c(sc2n1)CCCC3)C(=O)OC. The highest BCUT2D eigenvalue weighted by atomic mass is 32.2. The fraction of sp³-hybridized carbons (Fsp3) is 0.579. The van der Waals surface area contributed by atoms with Crippen LogP contribution in [0.4, 0.5) is 5.82 Å². The zero-order valence-corrected chi connectivity index (χ0v) is 18.0. The van der Waals surface area contributed by atoms with Crippen molar-refractivity contribution in [1.82, 2.24) is 15.3 Å². The van der Waals surface area contributed by atoms with Crippen molar-refractivity contribution in [3.8, 4) is 0 Å². The zero-order valence-electron chi connectivity index (χ0n) is 16.4. The molecule has 0 aliphatic heterocycles. The van der Waals surface area contributed by atoms with Crippen molar-refractivity contribution in [2.24, 2.45) is 5.92 Å². The van der Waals surface area contributed by atoms with Crippen molar-refractivity contribution < 1.29 is 14.3 Å². The number of carbonyl (C=O) groups is 2. The summed E-state index contributed by atoms with van der Waals surface area (Å²) in [6.07, 6.45) is 5.24. The lowest BCUT2D eigenvalue weighted by Crippen LogP contribution is -2.46. The van der Waals surface area contributed by atoms with Crippen molar-refractivity contribution in [3.05, 3.63) is 10.4 Å². The summed E-state index contributed by atoms with van der Waals surface area (Å²) in [5.41, 5.74) is 7.51. The number of hydrogen-bond acceptors (Lipinski definition) is 8. The number of rotatable bonds is 7. The van der Waals surface area contributed by atoms with E-state index in [0.717, 1.165) is 29.5 Å². The fourth-order valence-corrected chi connectivity index (χ4v) is 5.36. The Kier molecular flexibility index (Phi) is 6.77. The number of nitrogens with two attached hydrogens (primary N) is 1. The number of amides is 1. The Morgan fingerprint density at radius 3 is 2.79 bits per heavy atom. The first kappa shape index (κ1) is 20.9. The molecule has 0 spiro atoms. The lowest BCUT2D eigenvalue weighted by Gasteiger charge is -2.21. The summed E-state index contributed by atoms with van der Waals surface area (Å²) in [5, 5.41) is 4.23. The van der Waals surface area contributed by atoms with Gasteiger partial charge in [-0.05, 0) is 37.2 Å². The monoisotopic (exact) mass is 422 g/mol. The van der Waals surface area contributed by atoms with Crippen LogP contribution in [0.2, 0.25) is 0 Å². The third-order valence-electron chi connectivity index (χ3n) is 5.14.